The highest BCUT2D eigenvalue weighted by Gasteiger charge is 2.28. The van der Waals surface area contributed by atoms with Crippen molar-refractivity contribution in [2.24, 2.45) is 5.92 Å². The van der Waals surface area contributed by atoms with Crippen LogP contribution in [0.15, 0.2) is 30.3 Å². The molecule has 28 heavy (non-hydrogen) atoms. The largest absolute Gasteiger partial charge is 0.462 e. The minimum atomic E-state index is -0.344. The third-order valence-electron chi connectivity index (χ3n) is 4.67. The van der Waals surface area contributed by atoms with Gasteiger partial charge in [-0.1, -0.05) is 37.6 Å². The molecule has 1 aliphatic rings. The van der Waals surface area contributed by atoms with Crippen molar-refractivity contribution < 1.29 is 14.3 Å². The number of hydrogen-bond donors (Lipinski definition) is 1. The molecule has 0 fully saturated rings. The average Bonchev–Trinajstić information content (AvgIpc) is 3.01. The van der Waals surface area contributed by atoms with Crippen molar-refractivity contribution in [3.63, 3.8) is 0 Å². The number of carbonyl (C=O) groups excluding carboxylic acids is 2. The fraction of sp³-hybridized carbons (Fsp3) is 0.364. The Kier molecular flexibility index (Phi) is 6.92. The minimum Gasteiger partial charge on any atom is -0.462 e. The highest BCUT2D eigenvalue weighted by molar-refractivity contribution is 7.17. The lowest BCUT2D eigenvalue weighted by Crippen LogP contribution is -2.16. The summed E-state index contributed by atoms with van der Waals surface area (Å²) in [4.78, 5) is 26.3. The number of benzene rings is 1. The van der Waals surface area contributed by atoms with Gasteiger partial charge < -0.3 is 10.1 Å². The van der Waals surface area contributed by atoms with Crippen LogP contribution in [0.4, 0.5) is 5.00 Å². The van der Waals surface area contributed by atoms with Crippen LogP contribution in [0, 0.1) is 5.92 Å². The van der Waals surface area contributed by atoms with Crippen molar-refractivity contribution in [3.8, 4) is 0 Å². The summed E-state index contributed by atoms with van der Waals surface area (Å²) in [6.45, 7) is 4.55. The average molecular weight is 418 g/mol. The van der Waals surface area contributed by atoms with Crippen LogP contribution in [0.3, 0.4) is 0 Å². The lowest BCUT2D eigenvalue weighted by molar-refractivity contribution is -0.111. The molecular formula is C22H24ClNO3S. The fourth-order valence-electron chi connectivity index (χ4n) is 3.26. The third-order valence-corrected chi connectivity index (χ3v) is 6.07. The van der Waals surface area contributed by atoms with Crippen LogP contribution in [-0.2, 0) is 22.4 Å². The van der Waals surface area contributed by atoms with Gasteiger partial charge in [0.2, 0.25) is 5.91 Å². The minimum absolute atomic E-state index is 0.281. The number of nitrogens with one attached hydrogen (secondary N) is 1. The topological polar surface area (TPSA) is 55.4 Å². The SMILES string of the molecule is CCCOC(=O)c1c(NC(=O)/C=C/c2cccc(Cl)c2)sc2c1CCC(C)C2. The van der Waals surface area contributed by atoms with Gasteiger partial charge in [-0.2, -0.15) is 0 Å². The summed E-state index contributed by atoms with van der Waals surface area (Å²) in [5.74, 6) is -0.0453. The van der Waals surface area contributed by atoms with E-state index in [4.69, 9.17) is 16.3 Å². The summed E-state index contributed by atoms with van der Waals surface area (Å²) in [5, 5.41) is 4.08. The smallest absolute Gasteiger partial charge is 0.341 e. The Labute approximate surface area is 174 Å². The Balaban J connectivity index is 1.82. The van der Waals surface area contributed by atoms with Crippen LogP contribution in [0.2, 0.25) is 5.02 Å². The van der Waals surface area contributed by atoms with Gasteiger partial charge in [0, 0.05) is 16.0 Å². The number of amides is 1. The molecule has 1 N–H and O–H groups in total. The van der Waals surface area contributed by atoms with Crippen LogP contribution < -0.4 is 5.32 Å². The van der Waals surface area contributed by atoms with E-state index in [1.807, 2.05) is 19.1 Å². The number of hydrogen-bond acceptors (Lipinski definition) is 4. The monoisotopic (exact) mass is 417 g/mol. The summed E-state index contributed by atoms with van der Waals surface area (Å²) in [6.07, 6.45) is 6.74. The van der Waals surface area contributed by atoms with Crippen molar-refractivity contribution in [1.82, 2.24) is 0 Å². The van der Waals surface area contributed by atoms with E-state index in [1.54, 1.807) is 18.2 Å². The van der Waals surface area contributed by atoms with Crippen LogP contribution in [0.25, 0.3) is 6.08 Å². The number of rotatable bonds is 6. The summed E-state index contributed by atoms with van der Waals surface area (Å²) in [5.41, 5.74) is 2.41. The quantitative estimate of drug-likeness (QED) is 0.481. The van der Waals surface area contributed by atoms with Gasteiger partial charge in [0.05, 0.1) is 12.2 Å². The second kappa shape index (κ2) is 9.39. The molecule has 0 saturated heterocycles. The Hall–Kier alpha value is -2.11. The van der Waals surface area contributed by atoms with Gasteiger partial charge in [-0.25, -0.2) is 4.79 Å². The fourth-order valence-corrected chi connectivity index (χ4v) is 4.86. The molecule has 1 aliphatic carbocycles. The maximum absolute atomic E-state index is 12.6. The number of anilines is 1. The van der Waals surface area contributed by atoms with E-state index < -0.39 is 0 Å². The van der Waals surface area contributed by atoms with Gasteiger partial charge in [-0.05, 0) is 60.9 Å². The number of halogens is 1. The normalized spacial score (nSPS) is 16.0. The van der Waals surface area contributed by atoms with E-state index in [9.17, 15) is 9.59 Å². The molecule has 0 spiro atoms. The Morgan fingerprint density at radius 1 is 1.39 bits per heavy atom. The zero-order valence-corrected chi connectivity index (χ0v) is 17.7. The zero-order chi connectivity index (χ0) is 20.1. The van der Waals surface area contributed by atoms with Crippen molar-refractivity contribution >= 4 is 45.9 Å². The lowest BCUT2D eigenvalue weighted by Gasteiger charge is -2.18. The third kappa shape index (κ3) is 5.03. The first-order valence-electron chi connectivity index (χ1n) is 9.54. The van der Waals surface area contributed by atoms with E-state index in [1.165, 1.54) is 22.3 Å². The van der Waals surface area contributed by atoms with Crippen LogP contribution in [0.1, 0.15) is 53.1 Å². The molecule has 4 nitrogen and oxygen atoms in total. The molecule has 1 amide bonds. The van der Waals surface area contributed by atoms with E-state index in [0.29, 0.717) is 28.1 Å². The molecule has 0 bridgehead atoms. The second-order valence-electron chi connectivity index (χ2n) is 7.07. The molecule has 0 radical (unpaired) electrons. The van der Waals surface area contributed by atoms with Crippen molar-refractivity contribution in [2.45, 2.75) is 39.5 Å². The van der Waals surface area contributed by atoms with E-state index >= 15 is 0 Å². The number of carbonyl (C=O) groups is 2. The standard InChI is InChI=1S/C22H24ClNO3S/c1-3-11-27-22(26)20-17-9-7-14(2)12-18(17)28-21(20)24-19(25)10-8-15-5-4-6-16(23)13-15/h4-6,8,10,13-14H,3,7,9,11-12H2,1-2H3,(H,24,25)/b10-8+. The zero-order valence-electron chi connectivity index (χ0n) is 16.1. The maximum atomic E-state index is 12.6. The highest BCUT2D eigenvalue weighted by Crippen LogP contribution is 2.40. The summed E-state index contributed by atoms with van der Waals surface area (Å²) in [7, 11) is 0. The molecule has 1 heterocycles. The Morgan fingerprint density at radius 3 is 2.96 bits per heavy atom. The summed E-state index contributed by atoms with van der Waals surface area (Å²) >= 11 is 7.46. The first-order chi connectivity index (χ1) is 13.5. The molecule has 148 valence electrons. The van der Waals surface area contributed by atoms with Gasteiger partial charge in [-0.3, -0.25) is 4.79 Å². The highest BCUT2D eigenvalue weighted by atomic mass is 35.5. The van der Waals surface area contributed by atoms with E-state index in [0.717, 1.165) is 36.8 Å². The molecule has 1 atom stereocenters. The van der Waals surface area contributed by atoms with Gasteiger partial charge in [0.15, 0.2) is 0 Å². The van der Waals surface area contributed by atoms with E-state index in [2.05, 4.69) is 12.2 Å². The van der Waals surface area contributed by atoms with Crippen LogP contribution in [-0.4, -0.2) is 18.5 Å². The molecule has 0 aliphatic heterocycles. The molecule has 3 rings (SSSR count). The molecule has 0 saturated carbocycles. The van der Waals surface area contributed by atoms with Gasteiger partial charge >= 0.3 is 5.97 Å². The van der Waals surface area contributed by atoms with Crippen LogP contribution in [0.5, 0.6) is 0 Å². The summed E-state index contributed by atoms with van der Waals surface area (Å²) in [6, 6.07) is 7.26. The van der Waals surface area contributed by atoms with E-state index in [-0.39, 0.29) is 11.9 Å². The van der Waals surface area contributed by atoms with Gasteiger partial charge in [0.25, 0.3) is 0 Å². The van der Waals surface area contributed by atoms with Crippen LogP contribution >= 0.6 is 22.9 Å². The Morgan fingerprint density at radius 2 is 2.21 bits per heavy atom. The molecule has 2 aromatic rings. The summed E-state index contributed by atoms with van der Waals surface area (Å²) < 4.78 is 5.38. The first kappa shape index (κ1) is 20.6. The molecular weight excluding hydrogens is 394 g/mol. The Bertz CT molecular complexity index is 903. The maximum Gasteiger partial charge on any atom is 0.341 e. The van der Waals surface area contributed by atoms with Gasteiger partial charge in [0.1, 0.15) is 5.00 Å². The lowest BCUT2D eigenvalue weighted by atomic mass is 9.88. The van der Waals surface area contributed by atoms with Crippen molar-refractivity contribution in [1.29, 1.82) is 0 Å². The molecule has 1 aromatic carbocycles. The first-order valence-corrected chi connectivity index (χ1v) is 10.7. The van der Waals surface area contributed by atoms with Gasteiger partial charge in [-0.15, -0.1) is 11.3 Å². The van der Waals surface area contributed by atoms with Crippen molar-refractivity contribution in [3.05, 3.63) is 56.9 Å². The number of thiophene rings is 1. The predicted molar refractivity (Wildman–Crippen MR) is 115 cm³/mol. The molecule has 1 aromatic heterocycles. The van der Waals surface area contributed by atoms with Crippen molar-refractivity contribution in [2.75, 3.05) is 11.9 Å². The second-order valence-corrected chi connectivity index (χ2v) is 8.61. The predicted octanol–water partition coefficient (Wildman–Crippen LogP) is 5.75. The molecule has 6 heteroatoms. The number of ether oxygens (including phenoxy) is 1. The molecule has 1 unspecified atom stereocenters. The number of esters is 1. The number of fused-ring (bicyclic) bond motifs is 1.